The molecule has 0 fully saturated rings. The van der Waals surface area contributed by atoms with Crippen LogP contribution in [0.4, 0.5) is 18.9 Å². The Morgan fingerprint density at radius 2 is 1.69 bits per heavy atom. The normalized spacial score (nSPS) is 11.3. The Morgan fingerprint density at radius 1 is 0.952 bits per heavy atom. The highest BCUT2D eigenvalue weighted by Crippen LogP contribution is 2.38. The number of carbonyl (C=O) groups is 1. The standard InChI is InChI=1S/C30H23F3N4O4S/c1-2-36-18-24(20-13-15-34-16-14-20)29(35-36)27-25(32)11-12-26(28(27)33)37(19-41-30(38)21-7-4-3-5-8-21)42(39,40)23-10-6-9-22(31)17-23/h3-18H,2,19H2,1H3. The van der Waals surface area contributed by atoms with E-state index in [4.69, 9.17) is 4.74 Å². The lowest BCUT2D eigenvalue weighted by atomic mass is 10.0. The molecule has 0 N–H and O–H groups in total. The van der Waals surface area contributed by atoms with Crippen LogP contribution in [0.5, 0.6) is 0 Å². The van der Waals surface area contributed by atoms with E-state index in [0.29, 0.717) is 22.0 Å². The van der Waals surface area contributed by atoms with Gasteiger partial charge in [0.15, 0.2) is 12.5 Å². The zero-order valence-corrected chi connectivity index (χ0v) is 22.9. The molecule has 5 rings (SSSR count). The number of hydrogen-bond acceptors (Lipinski definition) is 6. The number of aromatic nitrogens is 3. The SMILES string of the molecule is CCn1cc(-c2ccncc2)c(-c2c(F)ccc(N(COC(=O)c3ccccc3)S(=O)(=O)c3cccc(F)c3)c2F)n1. The van der Waals surface area contributed by atoms with Crippen LogP contribution in [0.25, 0.3) is 22.4 Å². The second-order valence-corrected chi connectivity index (χ2v) is 10.8. The molecule has 2 aromatic heterocycles. The number of carbonyl (C=O) groups excluding carboxylic acids is 1. The molecular weight excluding hydrogens is 569 g/mol. The van der Waals surface area contributed by atoms with Crippen molar-refractivity contribution in [2.45, 2.75) is 18.4 Å². The Balaban J connectivity index is 1.65. The van der Waals surface area contributed by atoms with Crippen LogP contribution in [0.2, 0.25) is 0 Å². The van der Waals surface area contributed by atoms with Gasteiger partial charge in [-0.3, -0.25) is 9.67 Å². The molecule has 2 heterocycles. The molecule has 0 spiro atoms. The van der Waals surface area contributed by atoms with Gasteiger partial charge in [-0.1, -0.05) is 24.3 Å². The summed E-state index contributed by atoms with van der Waals surface area (Å²) in [5.74, 6) is -4.02. The van der Waals surface area contributed by atoms with Gasteiger partial charge in [-0.2, -0.15) is 5.10 Å². The molecule has 0 bridgehead atoms. The number of halogens is 3. The van der Waals surface area contributed by atoms with Crippen molar-refractivity contribution in [2.24, 2.45) is 0 Å². The van der Waals surface area contributed by atoms with Crippen LogP contribution >= 0.6 is 0 Å². The highest BCUT2D eigenvalue weighted by molar-refractivity contribution is 7.92. The molecule has 0 amide bonds. The highest BCUT2D eigenvalue weighted by atomic mass is 32.2. The minimum Gasteiger partial charge on any atom is -0.440 e. The quantitative estimate of drug-likeness (QED) is 0.153. The van der Waals surface area contributed by atoms with Crippen LogP contribution in [0.15, 0.2) is 102 Å². The van der Waals surface area contributed by atoms with E-state index >= 15 is 8.78 Å². The van der Waals surface area contributed by atoms with Gasteiger partial charge in [-0.05, 0) is 67.1 Å². The van der Waals surface area contributed by atoms with Gasteiger partial charge in [0.1, 0.15) is 17.3 Å². The Hall–Kier alpha value is -4.97. The molecule has 8 nitrogen and oxygen atoms in total. The minimum atomic E-state index is -4.73. The summed E-state index contributed by atoms with van der Waals surface area (Å²) in [6.07, 6.45) is 4.64. The molecule has 0 aliphatic carbocycles. The monoisotopic (exact) mass is 592 g/mol. The third-order valence-electron chi connectivity index (χ3n) is 6.36. The molecule has 12 heteroatoms. The fourth-order valence-corrected chi connectivity index (χ4v) is 5.62. The van der Waals surface area contributed by atoms with Crippen molar-refractivity contribution in [1.82, 2.24) is 14.8 Å². The van der Waals surface area contributed by atoms with E-state index in [9.17, 15) is 17.6 Å². The van der Waals surface area contributed by atoms with Crippen LogP contribution < -0.4 is 4.31 Å². The maximum absolute atomic E-state index is 16.4. The fraction of sp³-hybridized carbons (Fsp3) is 0.100. The van der Waals surface area contributed by atoms with Crippen molar-refractivity contribution in [2.75, 3.05) is 11.0 Å². The highest BCUT2D eigenvalue weighted by Gasteiger charge is 2.32. The largest absolute Gasteiger partial charge is 0.440 e. The summed E-state index contributed by atoms with van der Waals surface area (Å²) in [6.45, 7) is 1.19. The Morgan fingerprint density at radius 3 is 2.38 bits per heavy atom. The lowest BCUT2D eigenvalue weighted by molar-refractivity contribution is 0.0519. The number of benzene rings is 3. The smallest absolute Gasteiger partial charge is 0.339 e. The van der Waals surface area contributed by atoms with Gasteiger partial charge in [0.2, 0.25) is 0 Å². The topological polar surface area (TPSA) is 94.4 Å². The lowest BCUT2D eigenvalue weighted by Crippen LogP contribution is -2.35. The number of esters is 1. The van der Waals surface area contributed by atoms with Crippen molar-refractivity contribution in [3.63, 3.8) is 0 Å². The van der Waals surface area contributed by atoms with E-state index in [1.807, 2.05) is 0 Å². The summed E-state index contributed by atoms with van der Waals surface area (Å²) in [7, 11) is -4.73. The van der Waals surface area contributed by atoms with Crippen LogP contribution in [0.3, 0.4) is 0 Å². The molecule has 0 saturated carbocycles. The molecule has 0 unspecified atom stereocenters. The summed E-state index contributed by atoms with van der Waals surface area (Å²) in [5.41, 5.74) is -0.241. The van der Waals surface area contributed by atoms with Crippen LogP contribution in [-0.4, -0.2) is 35.9 Å². The molecule has 0 atom stereocenters. The zero-order chi connectivity index (χ0) is 29.9. The molecule has 0 aliphatic rings. The van der Waals surface area contributed by atoms with Crippen molar-refractivity contribution in [3.05, 3.63) is 120 Å². The van der Waals surface area contributed by atoms with Gasteiger partial charge < -0.3 is 4.74 Å². The van der Waals surface area contributed by atoms with Crippen LogP contribution in [-0.2, 0) is 21.3 Å². The van der Waals surface area contributed by atoms with Crippen LogP contribution in [0.1, 0.15) is 17.3 Å². The van der Waals surface area contributed by atoms with Gasteiger partial charge in [0, 0.05) is 30.7 Å². The van der Waals surface area contributed by atoms with Crippen LogP contribution in [0, 0.1) is 17.5 Å². The summed E-state index contributed by atoms with van der Waals surface area (Å²) in [5, 5.41) is 4.36. The summed E-state index contributed by atoms with van der Waals surface area (Å²) < 4.78 is 80.5. The fourth-order valence-electron chi connectivity index (χ4n) is 4.26. The lowest BCUT2D eigenvalue weighted by Gasteiger charge is -2.25. The number of aryl methyl sites for hydroxylation is 1. The maximum atomic E-state index is 16.4. The van der Waals surface area contributed by atoms with Gasteiger partial charge in [-0.25, -0.2) is 30.7 Å². The van der Waals surface area contributed by atoms with E-state index in [1.165, 1.54) is 35.3 Å². The summed E-state index contributed by atoms with van der Waals surface area (Å²) >= 11 is 0. The minimum absolute atomic E-state index is 0.0794. The van der Waals surface area contributed by atoms with Gasteiger partial charge in [0.25, 0.3) is 10.0 Å². The molecule has 5 aromatic rings. The predicted octanol–water partition coefficient (Wildman–Crippen LogP) is 6.06. The third kappa shape index (κ3) is 5.61. The number of rotatable bonds is 9. The molecular formula is C30H23F3N4O4S. The first kappa shape index (κ1) is 28.6. The van der Waals surface area contributed by atoms with E-state index in [0.717, 1.165) is 30.3 Å². The molecule has 214 valence electrons. The first-order chi connectivity index (χ1) is 20.2. The van der Waals surface area contributed by atoms with Gasteiger partial charge >= 0.3 is 5.97 Å². The number of nitrogens with zero attached hydrogens (tertiary/aromatic N) is 4. The molecule has 0 aliphatic heterocycles. The van der Waals surface area contributed by atoms with E-state index in [2.05, 4.69) is 10.1 Å². The average Bonchev–Trinajstić information content (AvgIpc) is 3.43. The number of sulfonamides is 1. The Bertz CT molecular complexity index is 1850. The van der Waals surface area contributed by atoms with E-state index in [-0.39, 0.29) is 11.3 Å². The van der Waals surface area contributed by atoms with E-state index in [1.54, 1.807) is 43.5 Å². The molecule has 3 aromatic carbocycles. The molecule has 42 heavy (non-hydrogen) atoms. The molecule has 0 radical (unpaired) electrons. The number of anilines is 1. The van der Waals surface area contributed by atoms with Gasteiger partial charge in [-0.15, -0.1) is 0 Å². The van der Waals surface area contributed by atoms with E-state index < -0.39 is 56.3 Å². The van der Waals surface area contributed by atoms with Crippen molar-refractivity contribution >= 4 is 21.7 Å². The second-order valence-electron chi connectivity index (χ2n) is 8.98. The third-order valence-corrected chi connectivity index (χ3v) is 8.09. The second kappa shape index (κ2) is 11.9. The first-order valence-corrected chi connectivity index (χ1v) is 14.1. The number of hydrogen-bond donors (Lipinski definition) is 0. The van der Waals surface area contributed by atoms with Crippen molar-refractivity contribution in [1.29, 1.82) is 0 Å². The first-order valence-electron chi connectivity index (χ1n) is 12.7. The predicted molar refractivity (Wildman–Crippen MR) is 149 cm³/mol. The van der Waals surface area contributed by atoms with Crippen molar-refractivity contribution in [3.8, 4) is 22.4 Å². The number of pyridine rings is 1. The maximum Gasteiger partial charge on any atom is 0.339 e. The number of ether oxygens (including phenoxy) is 1. The zero-order valence-electron chi connectivity index (χ0n) is 22.1. The summed E-state index contributed by atoms with van der Waals surface area (Å²) in [4.78, 5) is 16.1. The summed E-state index contributed by atoms with van der Waals surface area (Å²) in [6, 6.07) is 16.9. The van der Waals surface area contributed by atoms with Crippen molar-refractivity contribution < 1.29 is 31.1 Å². The Labute approximate surface area is 239 Å². The van der Waals surface area contributed by atoms with Gasteiger partial charge in [0.05, 0.1) is 21.7 Å². The average molecular weight is 593 g/mol. The molecule has 0 saturated heterocycles. The Kier molecular flexibility index (Phi) is 8.07.